The number of furan rings is 1. The summed E-state index contributed by atoms with van der Waals surface area (Å²) >= 11 is 0. The topological polar surface area (TPSA) is 16.4 Å². The van der Waals surface area contributed by atoms with Crippen LogP contribution in [0.3, 0.4) is 0 Å². The zero-order chi connectivity index (χ0) is 46.9. The van der Waals surface area contributed by atoms with Gasteiger partial charge in [0.15, 0.2) is 0 Å². The molecule has 2 atom stereocenters. The maximum Gasteiger partial charge on any atom is 0.293 e. The van der Waals surface area contributed by atoms with E-state index in [-0.39, 0.29) is 56.5 Å². The predicted octanol–water partition coefficient (Wildman–Crippen LogP) is 15.0. The number of hydrogen-bond donors (Lipinski definition) is 0. The molecule has 0 radical (unpaired) electrons. The van der Waals surface area contributed by atoms with Crippen LogP contribution in [0.5, 0.6) is 0 Å². The molecular formula is C62H80BNO. The van der Waals surface area contributed by atoms with E-state index in [1.807, 2.05) is 0 Å². The van der Waals surface area contributed by atoms with Crippen LogP contribution in [0.2, 0.25) is 0 Å². The van der Waals surface area contributed by atoms with E-state index < -0.39 is 0 Å². The van der Waals surface area contributed by atoms with Crippen LogP contribution in [0.1, 0.15) is 235 Å². The van der Waals surface area contributed by atoms with Crippen LogP contribution in [-0.2, 0) is 44.3 Å². The fourth-order valence-electron chi connectivity index (χ4n) is 13.7. The van der Waals surface area contributed by atoms with Gasteiger partial charge in [0, 0.05) is 28.3 Å². The van der Waals surface area contributed by atoms with Crippen LogP contribution in [0.25, 0.3) is 0 Å². The van der Waals surface area contributed by atoms with Gasteiger partial charge >= 0.3 is 0 Å². The number of benzene rings is 4. The van der Waals surface area contributed by atoms with Crippen molar-refractivity contribution in [2.45, 2.75) is 219 Å². The lowest BCUT2D eigenvalue weighted by atomic mass is 9.35. The molecule has 3 heterocycles. The first-order valence-corrected chi connectivity index (χ1v) is 25.7. The quantitative estimate of drug-likeness (QED) is 0.165. The van der Waals surface area contributed by atoms with Crippen LogP contribution >= 0.6 is 0 Å². The van der Waals surface area contributed by atoms with Crippen molar-refractivity contribution in [1.29, 1.82) is 0 Å². The largest absolute Gasteiger partial charge is 0.472 e. The van der Waals surface area contributed by atoms with Crippen LogP contribution < -0.4 is 21.5 Å². The molecule has 2 nitrogen and oxygen atoms in total. The number of nitrogens with zero attached hydrogens (tertiary/aromatic N) is 1. The van der Waals surface area contributed by atoms with Gasteiger partial charge in [-0.25, -0.2) is 0 Å². The van der Waals surface area contributed by atoms with Gasteiger partial charge in [0.05, 0.1) is 11.3 Å². The molecule has 3 heteroatoms. The van der Waals surface area contributed by atoms with Crippen molar-refractivity contribution in [3.8, 4) is 0 Å². The van der Waals surface area contributed by atoms with Crippen molar-refractivity contribution < 1.29 is 4.42 Å². The smallest absolute Gasteiger partial charge is 0.293 e. The van der Waals surface area contributed by atoms with Gasteiger partial charge in [-0.1, -0.05) is 172 Å². The molecule has 65 heavy (non-hydrogen) atoms. The van der Waals surface area contributed by atoms with Gasteiger partial charge < -0.3 is 9.32 Å². The minimum atomic E-state index is -0.0858. The average Bonchev–Trinajstić information content (AvgIpc) is 3.60. The Labute approximate surface area is 394 Å². The second kappa shape index (κ2) is 14.0. The number of fused-ring (bicyclic) bond motifs is 8. The van der Waals surface area contributed by atoms with E-state index in [1.165, 1.54) is 104 Å². The lowest BCUT2D eigenvalue weighted by Crippen LogP contribution is -2.58. The molecule has 4 aromatic carbocycles. The zero-order valence-corrected chi connectivity index (χ0v) is 43.8. The summed E-state index contributed by atoms with van der Waals surface area (Å²) in [6.07, 6.45) is 8.05. The van der Waals surface area contributed by atoms with E-state index in [9.17, 15) is 0 Å². The van der Waals surface area contributed by atoms with Crippen molar-refractivity contribution in [2.24, 2.45) is 0 Å². The summed E-state index contributed by atoms with van der Waals surface area (Å²) in [4.78, 5) is 2.72. The standard InChI is InChI=1S/C62H80BNO/c1-19-38-31-41-37(3)50(39-20-22-43-44(33-39)58(9,10)25-24-57(43,7)8)42-34-45-46(60(13,14)27-26-59(45,11)12)35-47(42)63-52(41)49(32-38)64(48-23-21-40(30-36(48)2)56(4,5)6)53-51-54(65-55(53)63)62(17,18)29-28-61(51,15)16/h20-23,30-35,37,50H,19,24-29H2,1-18H3/t37?,50-/m0/s1. The second-order valence-corrected chi connectivity index (χ2v) is 26.9. The Hall–Kier alpha value is -3.98. The number of hydrogen-bond acceptors (Lipinski definition) is 2. The Balaban J connectivity index is 1.37. The third-order valence-electron chi connectivity index (χ3n) is 18.5. The third kappa shape index (κ3) is 6.60. The molecule has 0 bridgehead atoms. The molecule has 5 aliphatic rings. The van der Waals surface area contributed by atoms with Gasteiger partial charge in [-0.15, -0.1) is 0 Å². The Bertz CT molecular complexity index is 2790. The molecule has 0 fully saturated rings. The molecule has 0 amide bonds. The highest BCUT2D eigenvalue weighted by atomic mass is 16.3. The predicted molar refractivity (Wildman–Crippen MR) is 280 cm³/mol. The maximum absolute atomic E-state index is 7.86. The first-order valence-electron chi connectivity index (χ1n) is 25.7. The lowest BCUT2D eigenvalue weighted by Gasteiger charge is -2.44. The van der Waals surface area contributed by atoms with Crippen LogP contribution in [0.4, 0.5) is 17.1 Å². The highest BCUT2D eigenvalue weighted by Crippen LogP contribution is 2.56. The number of rotatable bonds is 3. The number of anilines is 3. The molecule has 10 rings (SSSR count). The van der Waals surface area contributed by atoms with E-state index in [0.29, 0.717) is 0 Å². The molecule has 1 aromatic heterocycles. The molecule has 0 saturated carbocycles. The van der Waals surface area contributed by atoms with Gasteiger partial charge in [0.2, 0.25) is 0 Å². The summed E-state index contributed by atoms with van der Waals surface area (Å²) in [5.41, 5.74) is 24.6. The van der Waals surface area contributed by atoms with Crippen molar-refractivity contribution >= 4 is 40.4 Å². The molecular weight excluding hydrogens is 785 g/mol. The Morgan fingerprint density at radius 3 is 1.78 bits per heavy atom. The van der Waals surface area contributed by atoms with E-state index in [0.717, 1.165) is 24.9 Å². The van der Waals surface area contributed by atoms with Crippen molar-refractivity contribution in [1.82, 2.24) is 0 Å². The second-order valence-electron chi connectivity index (χ2n) is 26.9. The van der Waals surface area contributed by atoms with Crippen LogP contribution in [0.15, 0.2) is 65.1 Å². The molecule has 0 N–H and O–H groups in total. The molecule has 5 aromatic rings. The summed E-state index contributed by atoms with van der Waals surface area (Å²) in [5, 5.41) is 0. The first kappa shape index (κ1) is 44.8. The van der Waals surface area contributed by atoms with E-state index in [2.05, 4.69) is 190 Å². The Kier molecular flexibility index (Phi) is 9.69. The molecule has 1 unspecified atom stereocenters. The third-order valence-corrected chi connectivity index (χ3v) is 18.5. The van der Waals surface area contributed by atoms with Gasteiger partial charge in [0.25, 0.3) is 6.71 Å². The highest BCUT2D eigenvalue weighted by molar-refractivity contribution is 6.98. The minimum absolute atomic E-state index is 0.0369. The van der Waals surface area contributed by atoms with Crippen molar-refractivity contribution in [2.75, 3.05) is 4.90 Å². The summed E-state index contributed by atoms with van der Waals surface area (Å²) in [6.45, 7) is 44.1. The fraction of sp³-hybridized carbons (Fsp3) is 0.548. The molecule has 0 saturated heterocycles. The van der Waals surface area contributed by atoms with E-state index >= 15 is 0 Å². The van der Waals surface area contributed by atoms with E-state index in [1.54, 1.807) is 16.7 Å². The average molecular weight is 866 g/mol. The fourth-order valence-corrected chi connectivity index (χ4v) is 13.7. The van der Waals surface area contributed by atoms with Gasteiger partial charge in [-0.2, -0.15) is 0 Å². The molecule has 342 valence electrons. The summed E-state index contributed by atoms with van der Waals surface area (Å²) in [5.74, 6) is 1.60. The van der Waals surface area contributed by atoms with Gasteiger partial charge in [-0.05, 0) is 164 Å². The minimum Gasteiger partial charge on any atom is -0.472 e. The lowest BCUT2D eigenvalue weighted by molar-refractivity contribution is 0.282. The van der Waals surface area contributed by atoms with Gasteiger partial charge in [0.1, 0.15) is 5.76 Å². The molecule has 3 aliphatic carbocycles. The first-order chi connectivity index (χ1) is 30.1. The summed E-state index contributed by atoms with van der Waals surface area (Å²) < 4.78 is 7.86. The van der Waals surface area contributed by atoms with E-state index in [4.69, 9.17) is 4.42 Å². The van der Waals surface area contributed by atoms with Crippen LogP contribution in [-0.4, -0.2) is 6.71 Å². The highest BCUT2D eigenvalue weighted by Gasteiger charge is 2.53. The maximum atomic E-state index is 7.86. The SMILES string of the molecule is CCc1cc2c3c(c1)N(c1ccc(C(C)(C)C)cc1C)c1c(oc4c1C(C)(C)CCC4(C)C)B3c1cc3c(cc1[C@H](c1ccc4c(c1)C(C)(C)CCC4(C)C)C2C)C(C)(C)CCC3(C)C. The van der Waals surface area contributed by atoms with Gasteiger partial charge in [-0.3, -0.25) is 0 Å². The summed E-state index contributed by atoms with van der Waals surface area (Å²) in [7, 11) is 0. The Morgan fingerprint density at radius 2 is 1.18 bits per heavy atom. The van der Waals surface area contributed by atoms with Crippen LogP contribution in [0, 0.1) is 6.92 Å². The monoisotopic (exact) mass is 866 g/mol. The summed E-state index contributed by atoms with van der Waals surface area (Å²) in [6, 6.07) is 25.8. The van der Waals surface area contributed by atoms with Crippen molar-refractivity contribution in [3.63, 3.8) is 0 Å². The molecule has 0 spiro atoms. The Morgan fingerprint density at radius 1 is 0.615 bits per heavy atom. The molecule has 2 aliphatic heterocycles. The normalized spacial score (nSPS) is 23.6. The van der Waals surface area contributed by atoms with Crippen molar-refractivity contribution in [3.05, 3.63) is 128 Å². The number of aryl methyl sites for hydroxylation is 2. The zero-order valence-electron chi connectivity index (χ0n) is 43.8.